The third-order valence-corrected chi connectivity index (χ3v) is 8.51. The zero-order valence-electron chi connectivity index (χ0n) is 15.0. The molecule has 4 aliphatic rings. The van der Waals surface area contributed by atoms with E-state index in [1.807, 2.05) is 6.08 Å². The first-order valence-corrected chi connectivity index (χ1v) is 9.77. The Morgan fingerprint density at radius 3 is 2.67 bits per heavy atom. The van der Waals surface area contributed by atoms with Crippen LogP contribution in [0, 0.1) is 34.5 Å². The van der Waals surface area contributed by atoms with E-state index in [-0.39, 0.29) is 29.1 Å². The fraction of sp³-hybridized carbons (Fsp3) is 0.810. The first kappa shape index (κ1) is 16.5. The van der Waals surface area contributed by atoms with Gasteiger partial charge in [-0.05, 0) is 79.6 Å². The summed E-state index contributed by atoms with van der Waals surface area (Å²) in [6, 6.07) is 0. The van der Waals surface area contributed by atoms with E-state index >= 15 is 0 Å². The highest BCUT2D eigenvalue weighted by molar-refractivity contribution is 5.91. The maximum atomic E-state index is 12.3. The van der Waals surface area contributed by atoms with E-state index < -0.39 is 0 Å². The highest BCUT2D eigenvalue weighted by Gasteiger charge is 2.59. The standard InChI is InChI=1S/C21H30O3/c1-20-9-7-14(23)11-13(20)3-4-15-16-5-6-18(19(24)12-22)21(16,2)10-8-17(15)20/h11,15-18,22H,3-10,12H2,1-2H3/t15-,16-,17-,18+,20+,21+/m0/s1. The van der Waals surface area contributed by atoms with E-state index in [2.05, 4.69) is 13.8 Å². The van der Waals surface area contributed by atoms with Crippen LogP contribution >= 0.6 is 0 Å². The van der Waals surface area contributed by atoms with Crippen LogP contribution < -0.4 is 0 Å². The number of aliphatic hydroxyl groups excluding tert-OH is 1. The van der Waals surface area contributed by atoms with Crippen LogP contribution in [-0.2, 0) is 9.59 Å². The smallest absolute Gasteiger partial charge is 0.161 e. The van der Waals surface area contributed by atoms with E-state index in [1.54, 1.807) is 0 Å². The second kappa shape index (κ2) is 5.52. The van der Waals surface area contributed by atoms with Crippen molar-refractivity contribution in [3.63, 3.8) is 0 Å². The molecule has 0 saturated heterocycles. The number of aliphatic hydroxyl groups is 1. The van der Waals surface area contributed by atoms with Gasteiger partial charge in [-0.1, -0.05) is 19.4 Å². The summed E-state index contributed by atoms with van der Waals surface area (Å²) < 4.78 is 0. The third-order valence-electron chi connectivity index (χ3n) is 8.51. The van der Waals surface area contributed by atoms with Crippen LogP contribution in [0.4, 0.5) is 0 Å². The second-order valence-corrected chi connectivity index (χ2v) is 9.27. The maximum absolute atomic E-state index is 12.3. The van der Waals surface area contributed by atoms with Gasteiger partial charge in [-0.3, -0.25) is 9.59 Å². The van der Waals surface area contributed by atoms with E-state index in [9.17, 15) is 14.7 Å². The van der Waals surface area contributed by atoms with Gasteiger partial charge in [0, 0.05) is 12.3 Å². The summed E-state index contributed by atoms with van der Waals surface area (Å²) in [5.41, 5.74) is 1.70. The predicted molar refractivity (Wildman–Crippen MR) is 92.3 cm³/mol. The van der Waals surface area contributed by atoms with Crippen LogP contribution in [-0.4, -0.2) is 23.3 Å². The van der Waals surface area contributed by atoms with Crippen molar-refractivity contribution in [3.8, 4) is 0 Å². The van der Waals surface area contributed by atoms with Gasteiger partial charge in [0.15, 0.2) is 11.6 Å². The highest BCUT2D eigenvalue weighted by atomic mass is 16.3. The summed E-state index contributed by atoms with van der Waals surface area (Å²) in [5, 5.41) is 9.36. The Morgan fingerprint density at radius 2 is 1.92 bits per heavy atom. The number of ketones is 2. The van der Waals surface area contributed by atoms with Crippen LogP contribution in [0.3, 0.4) is 0 Å². The molecule has 4 aliphatic carbocycles. The molecule has 132 valence electrons. The maximum Gasteiger partial charge on any atom is 0.161 e. The third kappa shape index (κ3) is 2.13. The van der Waals surface area contributed by atoms with Gasteiger partial charge in [-0.25, -0.2) is 0 Å². The largest absolute Gasteiger partial charge is 0.389 e. The number of carbonyl (C=O) groups is 2. The molecule has 1 N–H and O–H groups in total. The normalized spacial score (nSPS) is 47.5. The Bertz CT molecular complexity index is 606. The van der Waals surface area contributed by atoms with E-state index in [1.165, 1.54) is 18.4 Å². The van der Waals surface area contributed by atoms with Crippen LogP contribution in [0.1, 0.15) is 65.2 Å². The number of carbonyl (C=O) groups excluding carboxylic acids is 2. The molecule has 3 fully saturated rings. The fourth-order valence-electron chi connectivity index (χ4n) is 7.20. The number of hydrogen-bond donors (Lipinski definition) is 1. The van der Waals surface area contributed by atoms with Crippen molar-refractivity contribution < 1.29 is 14.7 Å². The van der Waals surface area contributed by atoms with E-state index in [4.69, 9.17) is 0 Å². The Hall–Kier alpha value is -0.960. The van der Waals surface area contributed by atoms with E-state index in [0.29, 0.717) is 30.0 Å². The van der Waals surface area contributed by atoms with Crippen molar-refractivity contribution in [1.82, 2.24) is 0 Å². The zero-order chi connectivity index (χ0) is 17.1. The average Bonchev–Trinajstić information content (AvgIpc) is 2.92. The summed E-state index contributed by atoms with van der Waals surface area (Å²) in [6.45, 7) is 4.42. The fourth-order valence-corrected chi connectivity index (χ4v) is 7.20. The number of hydrogen-bond acceptors (Lipinski definition) is 3. The molecule has 0 aliphatic heterocycles. The van der Waals surface area contributed by atoms with Gasteiger partial charge in [-0.2, -0.15) is 0 Å². The topological polar surface area (TPSA) is 54.4 Å². The minimum absolute atomic E-state index is 0.0596. The van der Waals surface area contributed by atoms with Crippen molar-refractivity contribution in [2.75, 3.05) is 6.61 Å². The molecule has 4 rings (SSSR count). The van der Waals surface area contributed by atoms with Gasteiger partial charge in [0.1, 0.15) is 6.61 Å². The zero-order valence-corrected chi connectivity index (χ0v) is 15.0. The summed E-state index contributed by atoms with van der Waals surface area (Å²) in [7, 11) is 0. The number of Topliss-reactive ketones (excluding diaryl/α,β-unsaturated/α-hetero) is 1. The molecule has 0 spiro atoms. The lowest BCUT2D eigenvalue weighted by Gasteiger charge is -2.58. The minimum Gasteiger partial charge on any atom is -0.389 e. The molecule has 0 aromatic heterocycles. The first-order valence-electron chi connectivity index (χ1n) is 9.77. The van der Waals surface area contributed by atoms with Crippen molar-refractivity contribution >= 4 is 11.6 Å². The second-order valence-electron chi connectivity index (χ2n) is 9.27. The van der Waals surface area contributed by atoms with Crippen molar-refractivity contribution in [2.45, 2.75) is 65.2 Å². The summed E-state index contributed by atoms with van der Waals surface area (Å²) in [4.78, 5) is 24.1. The molecular formula is C21H30O3. The highest BCUT2D eigenvalue weighted by Crippen LogP contribution is 2.66. The van der Waals surface area contributed by atoms with Gasteiger partial charge in [0.25, 0.3) is 0 Å². The molecular weight excluding hydrogens is 300 g/mol. The molecule has 0 amide bonds. The first-order chi connectivity index (χ1) is 11.4. The molecule has 6 atom stereocenters. The van der Waals surface area contributed by atoms with E-state index in [0.717, 1.165) is 32.1 Å². The molecule has 3 heteroatoms. The lowest BCUT2D eigenvalue weighted by atomic mass is 9.46. The van der Waals surface area contributed by atoms with Crippen molar-refractivity contribution in [2.24, 2.45) is 34.5 Å². The summed E-state index contributed by atoms with van der Waals surface area (Å²) >= 11 is 0. The number of fused-ring (bicyclic) bond motifs is 5. The molecule has 0 bridgehead atoms. The number of allylic oxidation sites excluding steroid dienone is 1. The Kier molecular flexibility index (Phi) is 3.80. The van der Waals surface area contributed by atoms with Gasteiger partial charge in [-0.15, -0.1) is 0 Å². The molecule has 0 heterocycles. The molecule has 3 saturated carbocycles. The van der Waals surface area contributed by atoms with Crippen LogP contribution in [0.5, 0.6) is 0 Å². The van der Waals surface area contributed by atoms with Gasteiger partial charge in [0.2, 0.25) is 0 Å². The van der Waals surface area contributed by atoms with Gasteiger partial charge >= 0.3 is 0 Å². The molecule has 0 aromatic carbocycles. The minimum atomic E-state index is -0.298. The SMILES string of the molecule is C[C@@]12CC[C@H]3[C@@H](CCC4=CC(=O)CC[C@]43C)[C@@H]1CC[C@@H]2C(=O)CO. The Morgan fingerprint density at radius 1 is 1.12 bits per heavy atom. The van der Waals surface area contributed by atoms with Crippen LogP contribution in [0.25, 0.3) is 0 Å². The molecule has 0 unspecified atom stereocenters. The Balaban J connectivity index is 1.65. The average molecular weight is 330 g/mol. The molecule has 24 heavy (non-hydrogen) atoms. The van der Waals surface area contributed by atoms with Crippen LogP contribution in [0.15, 0.2) is 11.6 Å². The van der Waals surface area contributed by atoms with Crippen molar-refractivity contribution in [1.29, 1.82) is 0 Å². The van der Waals surface area contributed by atoms with Crippen LogP contribution in [0.2, 0.25) is 0 Å². The predicted octanol–water partition coefficient (Wildman–Crippen LogP) is 3.70. The number of rotatable bonds is 2. The summed E-state index contributed by atoms with van der Waals surface area (Å²) in [5.74, 6) is 2.42. The quantitative estimate of drug-likeness (QED) is 0.840. The van der Waals surface area contributed by atoms with Gasteiger partial charge in [0.05, 0.1) is 0 Å². The molecule has 0 radical (unpaired) electrons. The lowest BCUT2D eigenvalue weighted by Crippen LogP contribution is -2.51. The molecule has 0 aromatic rings. The molecule has 3 nitrogen and oxygen atoms in total. The lowest BCUT2D eigenvalue weighted by molar-refractivity contribution is -0.133. The Labute approximate surface area is 144 Å². The van der Waals surface area contributed by atoms with Gasteiger partial charge < -0.3 is 5.11 Å². The summed E-state index contributed by atoms with van der Waals surface area (Å²) in [6.07, 6.45) is 10.3. The monoisotopic (exact) mass is 330 g/mol. The van der Waals surface area contributed by atoms with Crippen molar-refractivity contribution in [3.05, 3.63) is 11.6 Å².